The second-order valence-corrected chi connectivity index (χ2v) is 10.5. The summed E-state index contributed by atoms with van der Waals surface area (Å²) >= 11 is 1.27. The number of aromatic nitrogens is 1. The van der Waals surface area contributed by atoms with Crippen LogP contribution in [-0.4, -0.2) is 36.7 Å². The van der Waals surface area contributed by atoms with Crippen LogP contribution in [0.5, 0.6) is 0 Å². The first-order chi connectivity index (χ1) is 15.9. The highest BCUT2D eigenvalue weighted by molar-refractivity contribution is 7.89. The lowest BCUT2D eigenvalue weighted by Crippen LogP contribution is -2.35. The first-order valence-electron chi connectivity index (χ1n) is 10.4. The van der Waals surface area contributed by atoms with Gasteiger partial charge in [0.1, 0.15) is 0 Å². The molecule has 0 bridgehead atoms. The molecule has 1 aliphatic rings. The minimum atomic E-state index is -3.54. The molecule has 0 radical (unpaired) electrons. The number of sulfonamides is 1. The SMILES string of the molecule is Cc1ccc(N=[N+]=[N-])cc1-c1csc(NC(=O)c2ccc(S(=O)(=O)N3CCCCC3)cc2)n1. The molecule has 2 aromatic carbocycles. The predicted octanol–water partition coefficient (Wildman–Crippen LogP) is 5.49. The van der Waals surface area contributed by atoms with Crippen LogP contribution < -0.4 is 5.32 Å². The lowest BCUT2D eigenvalue weighted by atomic mass is 10.1. The minimum Gasteiger partial charge on any atom is -0.298 e. The molecule has 33 heavy (non-hydrogen) atoms. The van der Waals surface area contributed by atoms with Crippen LogP contribution in [0.4, 0.5) is 10.8 Å². The molecule has 170 valence electrons. The number of rotatable bonds is 6. The van der Waals surface area contributed by atoms with Gasteiger partial charge in [0.05, 0.1) is 10.6 Å². The Balaban J connectivity index is 1.48. The molecule has 4 rings (SSSR count). The number of anilines is 1. The van der Waals surface area contributed by atoms with E-state index in [9.17, 15) is 13.2 Å². The van der Waals surface area contributed by atoms with Crippen molar-refractivity contribution in [3.63, 3.8) is 0 Å². The average Bonchev–Trinajstić information content (AvgIpc) is 3.29. The third-order valence-electron chi connectivity index (χ3n) is 5.45. The molecule has 1 aromatic heterocycles. The quantitative estimate of drug-likeness (QED) is 0.283. The molecule has 11 heteroatoms. The number of aryl methyl sites for hydroxylation is 1. The summed E-state index contributed by atoms with van der Waals surface area (Å²) in [5, 5.41) is 8.60. The zero-order chi connectivity index (χ0) is 23.4. The Morgan fingerprint density at radius 1 is 1.15 bits per heavy atom. The van der Waals surface area contributed by atoms with Gasteiger partial charge in [0, 0.05) is 40.2 Å². The first kappa shape index (κ1) is 22.9. The molecule has 1 N–H and O–H groups in total. The molecular formula is C22H22N6O3S2. The summed E-state index contributed by atoms with van der Waals surface area (Å²) in [4.78, 5) is 20.1. The molecule has 1 amide bonds. The topological polar surface area (TPSA) is 128 Å². The number of benzene rings is 2. The van der Waals surface area contributed by atoms with Crippen molar-refractivity contribution in [2.24, 2.45) is 5.11 Å². The van der Waals surface area contributed by atoms with Crippen LogP contribution in [0.3, 0.4) is 0 Å². The van der Waals surface area contributed by atoms with Gasteiger partial charge in [-0.1, -0.05) is 23.7 Å². The zero-order valence-corrected chi connectivity index (χ0v) is 19.6. The highest BCUT2D eigenvalue weighted by Crippen LogP contribution is 2.31. The molecule has 2 heterocycles. The lowest BCUT2D eigenvalue weighted by Gasteiger charge is -2.25. The maximum atomic E-state index is 12.8. The molecule has 0 unspecified atom stereocenters. The highest BCUT2D eigenvalue weighted by Gasteiger charge is 2.26. The maximum Gasteiger partial charge on any atom is 0.257 e. The number of piperidine rings is 1. The molecule has 9 nitrogen and oxygen atoms in total. The summed E-state index contributed by atoms with van der Waals surface area (Å²) < 4.78 is 27.1. The van der Waals surface area contributed by atoms with E-state index in [0.29, 0.717) is 35.2 Å². The summed E-state index contributed by atoms with van der Waals surface area (Å²) in [5.41, 5.74) is 11.9. The summed E-state index contributed by atoms with van der Waals surface area (Å²) in [6, 6.07) is 11.3. The Labute approximate surface area is 195 Å². The van der Waals surface area contributed by atoms with Crippen molar-refractivity contribution >= 4 is 38.1 Å². The predicted molar refractivity (Wildman–Crippen MR) is 128 cm³/mol. The second kappa shape index (κ2) is 9.72. The van der Waals surface area contributed by atoms with Crippen LogP contribution in [0.1, 0.15) is 35.2 Å². The number of amides is 1. The van der Waals surface area contributed by atoms with Gasteiger partial charge in [0.2, 0.25) is 10.0 Å². The number of hydrogen-bond donors (Lipinski definition) is 1. The van der Waals surface area contributed by atoms with Gasteiger partial charge in [-0.05, 0) is 61.2 Å². The molecular weight excluding hydrogens is 460 g/mol. The molecule has 0 spiro atoms. The third-order valence-corrected chi connectivity index (χ3v) is 8.12. The van der Waals surface area contributed by atoms with Gasteiger partial charge in [0.25, 0.3) is 5.91 Å². The van der Waals surface area contributed by atoms with Crippen molar-refractivity contribution < 1.29 is 13.2 Å². The fourth-order valence-corrected chi connectivity index (χ4v) is 5.88. The van der Waals surface area contributed by atoms with Gasteiger partial charge >= 0.3 is 0 Å². The largest absolute Gasteiger partial charge is 0.298 e. The van der Waals surface area contributed by atoms with Crippen molar-refractivity contribution in [3.8, 4) is 11.3 Å². The van der Waals surface area contributed by atoms with Gasteiger partial charge in [-0.15, -0.1) is 11.3 Å². The Morgan fingerprint density at radius 3 is 2.58 bits per heavy atom. The van der Waals surface area contributed by atoms with Crippen LogP contribution >= 0.6 is 11.3 Å². The van der Waals surface area contributed by atoms with Crippen LogP contribution in [-0.2, 0) is 10.0 Å². The van der Waals surface area contributed by atoms with E-state index in [1.165, 1.54) is 39.9 Å². The van der Waals surface area contributed by atoms with Crippen LogP contribution in [0.2, 0.25) is 0 Å². The lowest BCUT2D eigenvalue weighted by molar-refractivity contribution is 0.102. The van der Waals surface area contributed by atoms with Crippen LogP contribution in [0, 0.1) is 6.92 Å². The minimum absolute atomic E-state index is 0.188. The van der Waals surface area contributed by atoms with E-state index in [1.807, 2.05) is 18.4 Å². The first-order valence-corrected chi connectivity index (χ1v) is 12.7. The second-order valence-electron chi connectivity index (χ2n) is 7.67. The Kier molecular flexibility index (Phi) is 6.75. The summed E-state index contributed by atoms with van der Waals surface area (Å²) in [6.45, 7) is 2.98. The Hall–Kier alpha value is -3.24. The normalized spacial score (nSPS) is 14.5. The van der Waals surface area contributed by atoms with Gasteiger partial charge in [-0.3, -0.25) is 10.1 Å². The molecule has 0 atom stereocenters. The van der Waals surface area contributed by atoms with Gasteiger partial charge in [-0.2, -0.15) is 4.31 Å². The standard InChI is InChI=1S/C22H22N6O3S2/c1-15-5-8-17(26-27-23)13-19(15)20-14-32-22(24-20)25-21(29)16-6-9-18(10-7-16)33(30,31)28-11-3-2-4-12-28/h5-10,13-14H,2-4,11-12H2,1H3,(H,24,25,29). The van der Waals surface area contributed by atoms with Crippen LogP contribution in [0.15, 0.2) is 57.9 Å². The fraction of sp³-hybridized carbons (Fsp3) is 0.273. The maximum absolute atomic E-state index is 12.8. The molecule has 0 saturated carbocycles. The van der Waals surface area contributed by atoms with E-state index in [1.54, 1.807) is 12.1 Å². The van der Waals surface area contributed by atoms with Crippen molar-refractivity contribution in [2.75, 3.05) is 18.4 Å². The monoisotopic (exact) mass is 482 g/mol. The van der Waals surface area contributed by atoms with Crippen LogP contribution in [0.25, 0.3) is 21.7 Å². The number of carbonyl (C=O) groups is 1. The molecule has 3 aromatic rings. The van der Waals surface area contributed by atoms with Gasteiger partial charge in [0.15, 0.2) is 5.13 Å². The Bertz CT molecular complexity index is 1320. The van der Waals surface area contributed by atoms with E-state index in [0.717, 1.165) is 30.4 Å². The fourth-order valence-electron chi connectivity index (χ4n) is 3.66. The van der Waals surface area contributed by atoms with Gasteiger partial charge in [-0.25, -0.2) is 13.4 Å². The van der Waals surface area contributed by atoms with Crippen molar-refractivity contribution in [2.45, 2.75) is 31.1 Å². The molecule has 1 aliphatic heterocycles. The number of azide groups is 1. The molecule has 1 saturated heterocycles. The van der Waals surface area contributed by atoms with E-state index >= 15 is 0 Å². The van der Waals surface area contributed by atoms with Crippen molar-refractivity contribution in [1.29, 1.82) is 0 Å². The third kappa shape index (κ3) is 5.07. The Morgan fingerprint density at radius 2 is 1.88 bits per heavy atom. The van der Waals surface area contributed by atoms with Crippen molar-refractivity contribution in [3.05, 3.63) is 69.4 Å². The number of carbonyl (C=O) groups excluding carboxylic acids is 1. The van der Waals surface area contributed by atoms with E-state index in [4.69, 9.17) is 5.53 Å². The molecule has 0 aliphatic carbocycles. The van der Waals surface area contributed by atoms with Crippen molar-refractivity contribution in [1.82, 2.24) is 9.29 Å². The summed E-state index contributed by atoms with van der Waals surface area (Å²) in [5.74, 6) is -0.377. The van der Waals surface area contributed by atoms with E-state index < -0.39 is 10.0 Å². The summed E-state index contributed by atoms with van der Waals surface area (Å²) in [7, 11) is -3.54. The summed E-state index contributed by atoms with van der Waals surface area (Å²) in [6.07, 6.45) is 2.78. The zero-order valence-electron chi connectivity index (χ0n) is 17.9. The number of thiazole rings is 1. The average molecular weight is 483 g/mol. The number of nitrogens with zero attached hydrogens (tertiary/aromatic N) is 5. The smallest absolute Gasteiger partial charge is 0.257 e. The highest BCUT2D eigenvalue weighted by atomic mass is 32.2. The van der Waals surface area contributed by atoms with E-state index in [2.05, 4.69) is 20.3 Å². The number of nitrogens with one attached hydrogen (secondary N) is 1. The van der Waals surface area contributed by atoms with Gasteiger partial charge < -0.3 is 0 Å². The number of hydrogen-bond acceptors (Lipinski definition) is 6. The molecule has 1 fully saturated rings. The van der Waals surface area contributed by atoms with E-state index in [-0.39, 0.29) is 10.8 Å².